The van der Waals surface area contributed by atoms with Gasteiger partial charge in [-0.1, -0.05) is 43.8 Å². The summed E-state index contributed by atoms with van der Waals surface area (Å²) in [6.45, 7) is 6.02. The molecule has 1 aliphatic carbocycles. The van der Waals surface area contributed by atoms with E-state index in [1.165, 1.54) is 7.11 Å². The maximum absolute atomic E-state index is 10.0. The molecular weight excluding hydrogens is 188 g/mol. The van der Waals surface area contributed by atoms with E-state index in [2.05, 4.69) is 6.58 Å². The topological polar surface area (TPSA) is 29.5 Å². The van der Waals surface area contributed by atoms with Crippen LogP contribution in [0.2, 0.25) is 0 Å². The lowest BCUT2D eigenvalue weighted by Gasteiger charge is -2.09. The first-order valence-corrected chi connectivity index (χ1v) is 5.13. The van der Waals surface area contributed by atoms with E-state index in [-0.39, 0.29) is 11.8 Å². The number of ether oxygens (including phenoxy) is 1. The van der Waals surface area contributed by atoms with Crippen LogP contribution in [-0.4, -0.2) is 18.0 Å². The highest BCUT2D eigenvalue weighted by atomic mass is 16.6. The van der Waals surface area contributed by atoms with Gasteiger partial charge in [0.15, 0.2) is 5.79 Å². The van der Waals surface area contributed by atoms with Gasteiger partial charge < -0.3 is 9.84 Å². The van der Waals surface area contributed by atoms with E-state index in [4.69, 9.17) is 4.74 Å². The SMILES string of the molecule is C=C(c1ccccc1)C1C(C)C1(O)OC. The molecule has 0 heterocycles. The Labute approximate surface area is 90.2 Å². The van der Waals surface area contributed by atoms with E-state index in [9.17, 15) is 5.11 Å². The van der Waals surface area contributed by atoms with Gasteiger partial charge in [-0.2, -0.15) is 0 Å². The molecule has 3 atom stereocenters. The Bertz CT molecular complexity index is 371. The van der Waals surface area contributed by atoms with Crippen LogP contribution >= 0.6 is 0 Å². The number of benzene rings is 1. The summed E-state index contributed by atoms with van der Waals surface area (Å²) < 4.78 is 5.11. The molecule has 0 amide bonds. The molecule has 1 N–H and O–H groups in total. The Morgan fingerprint density at radius 3 is 2.47 bits per heavy atom. The number of aliphatic hydroxyl groups is 1. The van der Waals surface area contributed by atoms with E-state index in [0.29, 0.717) is 0 Å². The van der Waals surface area contributed by atoms with Gasteiger partial charge in [0.1, 0.15) is 0 Å². The van der Waals surface area contributed by atoms with Crippen molar-refractivity contribution < 1.29 is 9.84 Å². The van der Waals surface area contributed by atoms with Crippen LogP contribution in [0.15, 0.2) is 36.9 Å². The quantitative estimate of drug-likeness (QED) is 0.765. The summed E-state index contributed by atoms with van der Waals surface area (Å²) in [4.78, 5) is 0. The second-order valence-electron chi connectivity index (χ2n) is 4.11. The molecule has 2 nitrogen and oxygen atoms in total. The Balaban J connectivity index is 2.19. The van der Waals surface area contributed by atoms with E-state index in [0.717, 1.165) is 11.1 Å². The summed E-state index contributed by atoms with van der Waals surface area (Å²) >= 11 is 0. The molecule has 1 fully saturated rings. The van der Waals surface area contributed by atoms with Gasteiger partial charge in [-0.05, 0) is 11.1 Å². The summed E-state index contributed by atoms with van der Waals surface area (Å²) in [5.74, 6) is -0.868. The van der Waals surface area contributed by atoms with Crippen LogP contribution in [0.3, 0.4) is 0 Å². The predicted molar refractivity (Wildman–Crippen MR) is 60.1 cm³/mol. The van der Waals surface area contributed by atoms with Gasteiger partial charge in [-0.25, -0.2) is 0 Å². The first-order valence-electron chi connectivity index (χ1n) is 5.13. The lowest BCUT2D eigenvalue weighted by molar-refractivity contribution is -0.117. The van der Waals surface area contributed by atoms with Gasteiger partial charge in [0, 0.05) is 18.9 Å². The highest BCUT2D eigenvalue weighted by molar-refractivity contribution is 5.69. The van der Waals surface area contributed by atoms with E-state index in [1.54, 1.807) is 0 Å². The normalized spacial score (nSPS) is 33.8. The average molecular weight is 204 g/mol. The molecule has 0 spiro atoms. The Kier molecular flexibility index (Phi) is 2.41. The largest absolute Gasteiger partial charge is 0.365 e. The zero-order valence-corrected chi connectivity index (χ0v) is 9.10. The molecule has 2 rings (SSSR count). The van der Waals surface area contributed by atoms with Crippen LogP contribution < -0.4 is 0 Å². The van der Waals surface area contributed by atoms with Gasteiger partial charge in [-0.15, -0.1) is 0 Å². The molecule has 0 bridgehead atoms. The number of methoxy groups -OCH3 is 1. The molecular formula is C13H16O2. The minimum absolute atomic E-state index is 0.0184. The van der Waals surface area contributed by atoms with Crippen LogP contribution in [-0.2, 0) is 4.74 Å². The van der Waals surface area contributed by atoms with E-state index >= 15 is 0 Å². The van der Waals surface area contributed by atoms with Crippen molar-refractivity contribution in [3.05, 3.63) is 42.5 Å². The number of hydrogen-bond donors (Lipinski definition) is 1. The van der Waals surface area contributed by atoms with Crippen molar-refractivity contribution >= 4 is 5.57 Å². The fraction of sp³-hybridized carbons (Fsp3) is 0.385. The van der Waals surface area contributed by atoms with Crippen LogP contribution in [0, 0.1) is 11.8 Å². The van der Waals surface area contributed by atoms with Crippen molar-refractivity contribution in [1.82, 2.24) is 0 Å². The van der Waals surface area contributed by atoms with Gasteiger partial charge in [0.25, 0.3) is 0 Å². The average Bonchev–Trinajstić information content (AvgIpc) is 2.83. The summed E-state index contributed by atoms with van der Waals surface area (Å²) in [7, 11) is 1.54. The fourth-order valence-corrected chi connectivity index (χ4v) is 2.21. The van der Waals surface area contributed by atoms with Gasteiger partial charge >= 0.3 is 0 Å². The van der Waals surface area contributed by atoms with E-state index < -0.39 is 5.79 Å². The molecule has 15 heavy (non-hydrogen) atoms. The zero-order valence-electron chi connectivity index (χ0n) is 9.10. The molecule has 1 aromatic rings. The summed E-state index contributed by atoms with van der Waals surface area (Å²) in [6.07, 6.45) is 0. The first kappa shape index (κ1) is 10.4. The molecule has 80 valence electrons. The number of hydrogen-bond acceptors (Lipinski definition) is 2. The highest BCUT2D eigenvalue weighted by Crippen LogP contribution is 2.56. The molecule has 1 aromatic carbocycles. The summed E-state index contributed by atoms with van der Waals surface area (Å²) in [5.41, 5.74) is 2.02. The molecule has 0 radical (unpaired) electrons. The van der Waals surface area contributed by atoms with Crippen LogP contribution in [0.1, 0.15) is 12.5 Å². The first-order chi connectivity index (χ1) is 7.11. The highest BCUT2D eigenvalue weighted by Gasteiger charge is 2.63. The monoisotopic (exact) mass is 204 g/mol. The third-order valence-corrected chi connectivity index (χ3v) is 3.34. The molecule has 2 heteroatoms. The lowest BCUT2D eigenvalue weighted by atomic mass is 10.0. The maximum atomic E-state index is 10.0. The molecule has 0 aliphatic heterocycles. The Morgan fingerprint density at radius 1 is 1.40 bits per heavy atom. The predicted octanol–water partition coefficient (Wildman–Crippen LogP) is 2.30. The maximum Gasteiger partial charge on any atom is 0.175 e. The third-order valence-electron chi connectivity index (χ3n) is 3.34. The molecule has 1 saturated carbocycles. The smallest absolute Gasteiger partial charge is 0.175 e. The fourth-order valence-electron chi connectivity index (χ4n) is 2.21. The molecule has 3 unspecified atom stereocenters. The summed E-state index contributed by atoms with van der Waals surface area (Å²) in [6, 6.07) is 9.92. The second-order valence-corrected chi connectivity index (χ2v) is 4.11. The van der Waals surface area contributed by atoms with E-state index in [1.807, 2.05) is 37.3 Å². The Hall–Kier alpha value is -1.12. The van der Waals surface area contributed by atoms with Crippen molar-refractivity contribution in [2.45, 2.75) is 12.7 Å². The number of rotatable bonds is 3. The molecule has 0 aromatic heterocycles. The van der Waals surface area contributed by atoms with Gasteiger partial charge in [0.05, 0.1) is 0 Å². The minimum atomic E-state index is -1.01. The van der Waals surface area contributed by atoms with Crippen molar-refractivity contribution in [2.75, 3.05) is 7.11 Å². The van der Waals surface area contributed by atoms with Crippen LogP contribution in [0.25, 0.3) is 5.57 Å². The lowest BCUT2D eigenvalue weighted by Crippen LogP contribution is -2.15. The minimum Gasteiger partial charge on any atom is -0.365 e. The zero-order chi connectivity index (χ0) is 11.1. The van der Waals surface area contributed by atoms with Crippen molar-refractivity contribution in [2.24, 2.45) is 11.8 Å². The Morgan fingerprint density at radius 2 is 2.00 bits per heavy atom. The third kappa shape index (κ3) is 1.50. The standard InChI is InChI=1S/C13H16O2/c1-9(11-7-5-4-6-8-11)12-10(2)13(12,14)15-3/h4-8,10,12,14H,1H2,2-3H3. The van der Waals surface area contributed by atoms with Gasteiger partial charge in [-0.3, -0.25) is 0 Å². The van der Waals surface area contributed by atoms with Crippen molar-refractivity contribution in [3.8, 4) is 0 Å². The van der Waals surface area contributed by atoms with Crippen LogP contribution in [0.4, 0.5) is 0 Å². The van der Waals surface area contributed by atoms with Crippen LogP contribution in [0.5, 0.6) is 0 Å². The van der Waals surface area contributed by atoms with Crippen molar-refractivity contribution in [3.63, 3.8) is 0 Å². The van der Waals surface area contributed by atoms with Gasteiger partial charge in [0.2, 0.25) is 0 Å². The molecule has 1 aliphatic rings. The second kappa shape index (κ2) is 3.47. The van der Waals surface area contributed by atoms with Crippen molar-refractivity contribution in [1.29, 1.82) is 0 Å². The molecule has 0 saturated heterocycles. The summed E-state index contributed by atoms with van der Waals surface area (Å²) in [5, 5.41) is 10.0.